The smallest absolute Gasteiger partial charge is 0.257 e. The summed E-state index contributed by atoms with van der Waals surface area (Å²) < 4.78 is 1.58. The number of rotatable bonds is 1. The van der Waals surface area contributed by atoms with Crippen LogP contribution in [-0.4, -0.2) is 4.57 Å². The molecule has 64 valence electrons. The van der Waals surface area contributed by atoms with E-state index in [-0.39, 0.29) is 5.56 Å². The molecule has 0 saturated carbocycles. The molecule has 0 fully saturated rings. The normalized spacial score (nSPS) is 9.92. The second-order valence-corrected chi connectivity index (χ2v) is 2.97. The third-order valence-corrected chi connectivity index (χ3v) is 2.14. The molecular formula is C10H13NO. The van der Waals surface area contributed by atoms with Crippen molar-refractivity contribution in [2.45, 2.75) is 13.8 Å². The highest BCUT2D eigenvalue weighted by Crippen LogP contribution is 2.08. The molecule has 0 aliphatic carbocycles. The molecule has 0 aliphatic rings. The zero-order valence-corrected chi connectivity index (χ0v) is 7.72. The molecule has 2 heteroatoms. The molecule has 0 unspecified atom stereocenters. The van der Waals surface area contributed by atoms with Crippen LogP contribution in [0.2, 0.25) is 0 Å². The predicted octanol–water partition coefficient (Wildman–Crippen LogP) is 1.65. The van der Waals surface area contributed by atoms with E-state index in [4.69, 9.17) is 0 Å². The van der Waals surface area contributed by atoms with Crippen LogP contribution in [0, 0.1) is 13.8 Å². The van der Waals surface area contributed by atoms with Gasteiger partial charge >= 0.3 is 0 Å². The standard InChI is InChI=1S/C10H13NO/c1-5-9-8(3)7(2)6-11(4)10(9)12/h5-6H,1H2,2-4H3. The third kappa shape index (κ3) is 1.20. The maximum Gasteiger partial charge on any atom is 0.257 e. The van der Waals surface area contributed by atoms with Crippen molar-refractivity contribution in [1.29, 1.82) is 0 Å². The summed E-state index contributed by atoms with van der Waals surface area (Å²) >= 11 is 0. The minimum atomic E-state index is 0.0214. The van der Waals surface area contributed by atoms with Crippen LogP contribution in [0.5, 0.6) is 0 Å². The molecule has 0 radical (unpaired) electrons. The van der Waals surface area contributed by atoms with Gasteiger partial charge in [-0.15, -0.1) is 0 Å². The molecule has 1 heterocycles. The Morgan fingerprint density at radius 2 is 2.08 bits per heavy atom. The van der Waals surface area contributed by atoms with E-state index in [1.54, 1.807) is 17.7 Å². The summed E-state index contributed by atoms with van der Waals surface area (Å²) in [4.78, 5) is 11.5. The number of hydrogen-bond donors (Lipinski definition) is 0. The van der Waals surface area contributed by atoms with Gasteiger partial charge in [0.15, 0.2) is 0 Å². The first kappa shape index (κ1) is 8.78. The van der Waals surface area contributed by atoms with Gasteiger partial charge in [-0.2, -0.15) is 0 Å². The van der Waals surface area contributed by atoms with Crippen molar-refractivity contribution in [3.63, 3.8) is 0 Å². The largest absolute Gasteiger partial charge is 0.318 e. The second kappa shape index (κ2) is 2.97. The lowest BCUT2D eigenvalue weighted by atomic mass is 10.1. The van der Waals surface area contributed by atoms with Gasteiger partial charge in [0.05, 0.1) is 0 Å². The van der Waals surface area contributed by atoms with Crippen LogP contribution in [-0.2, 0) is 7.05 Å². The minimum Gasteiger partial charge on any atom is -0.318 e. The molecule has 0 aromatic carbocycles. The van der Waals surface area contributed by atoms with Crippen LogP contribution in [0.4, 0.5) is 0 Å². The highest BCUT2D eigenvalue weighted by atomic mass is 16.1. The lowest BCUT2D eigenvalue weighted by molar-refractivity contribution is 0.843. The van der Waals surface area contributed by atoms with Crippen LogP contribution in [0.3, 0.4) is 0 Å². The third-order valence-electron chi connectivity index (χ3n) is 2.14. The SMILES string of the molecule is C=Cc1c(C)c(C)cn(C)c1=O. The zero-order chi connectivity index (χ0) is 9.30. The van der Waals surface area contributed by atoms with E-state index in [9.17, 15) is 4.79 Å². The molecule has 12 heavy (non-hydrogen) atoms. The molecule has 1 rings (SSSR count). The van der Waals surface area contributed by atoms with Crippen LogP contribution < -0.4 is 5.56 Å². The minimum absolute atomic E-state index is 0.0214. The van der Waals surface area contributed by atoms with Crippen LogP contribution in [0.25, 0.3) is 6.08 Å². The van der Waals surface area contributed by atoms with Gasteiger partial charge in [0.2, 0.25) is 0 Å². The summed E-state index contributed by atoms with van der Waals surface area (Å²) in [6.07, 6.45) is 3.45. The number of aromatic nitrogens is 1. The van der Waals surface area contributed by atoms with Crippen molar-refractivity contribution in [1.82, 2.24) is 4.57 Å². The Balaban J connectivity index is 3.64. The highest BCUT2D eigenvalue weighted by Gasteiger charge is 2.03. The van der Waals surface area contributed by atoms with Crippen molar-refractivity contribution < 1.29 is 0 Å². The first-order valence-electron chi connectivity index (χ1n) is 3.87. The Labute approximate surface area is 72.2 Å². The Hall–Kier alpha value is -1.31. The van der Waals surface area contributed by atoms with Gasteiger partial charge in [0.25, 0.3) is 5.56 Å². The first-order chi connectivity index (χ1) is 5.57. The molecular weight excluding hydrogens is 150 g/mol. The van der Waals surface area contributed by atoms with Gasteiger partial charge in [0.1, 0.15) is 0 Å². The second-order valence-electron chi connectivity index (χ2n) is 2.97. The molecule has 0 N–H and O–H groups in total. The van der Waals surface area contributed by atoms with Crippen LogP contribution in [0.1, 0.15) is 16.7 Å². The van der Waals surface area contributed by atoms with Gasteiger partial charge in [-0.05, 0) is 25.0 Å². The van der Waals surface area contributed by atoms with E-state index in [0.29, 0.717) is 5.56 Å². The van der Waals surface area contributed by atoms with Crippen LogP contribution in [0.15, 0.2) is 17.6 Å². The summed E-state index contributed by atoms with van der Waals surface area (Å²) in [5.74, 6) is 0. The quantitative estimate of drug-likeness (QED) is 0.617. The maximum absolute atomic E-state index is 11.5. The highest BCUT2D eigenvalue weighted by molar-refractivity contribution is 5.51. The van der Waals surface area contributed by atoms with Crippen molar-refractivity contribution in [3.05, 3.63) is 39.8 Å². The van der Waals surface area contributed by atoms with E-state index < -0.39 is 0 Å². The maximum atomic E-state index is 11.5. The predicted molar refractivity (Wildman–Crippen MR) is 51.2 cm³/mol. The Kier molecular flexibility index (Phi) is 2.18. The Morgan fingerprint density at radius 3 is 2.58 bits per heavy atom. The van der Waals surface area contributed by atoms with E-state index in [1.807, 2.05) is 20.0 Å². The Morgan fingerprint density at radius 1 is 1.50 bits per heavy atom. The van der Waals surface area contributed by atoms with Gasteiger partial charge in [0, 0.05) is 18.8 Å². The van der Waals surface area contributed by atoms with Crippen LogP contribution >= 0.6 is 0 Å². The van der Waals surface area contributed by atoms with E-state index in [0.717, 1.165) is 11.1 Å². The molecule has 0 spiro atoms. The summed E-state index contributed by atoms with van der Waals surface area (Å²) in [5.41, 5.74) is 2.87. The first-order valence-corrected chi connectivity index (χ1v) is 3.87. The monoisotopic (exact) mass is 163 g/mol. The number of pyridine rings is 1. The molecule has 0 atom stereocenters. The summed E-state index contributed by atoms with van der Waals surface area (Å²) in [6, 6.07) is 0. The van der Waals surface area contributed by atoms with Crippen molar-refractivity contribution >= 4 is 6.08 Å². The van der Waals surface area contributed by atoms with Gasteiger partial charge in [-0.1, -0.05) is 12.7 Å². The molecule has 1 aromatic heterocycles. The number of nitrogens with zero attached hydrogens (tertiary/aromatic N) is 1. The fourth-order valence-corrected chi connectivity index (χ4v) is 1.25. The fourth-order valence-electron chi connectivity index (χ4n) is 1.25. The summed E-state index contributed by atoms with van der Waals surface area (Å²) in [7, 11) is 1.75. The topological polar surface area (TPSA) is 22.0 Å². The van der Waals surface area contributed by atoms with Gasteiger partial charge in [-0.25, -0.2) is 0 Å². The van der Waals surface area contributed by atoms with E-state index in [2.05, 4.69) is 6.58 Å². The lowest BCUT2D eigenvalue weighted by Crippen LogP contribution is -2.20. The lowest BCUT2D eigenvalue weighted by Gasteiger charge is -2.06. The molecule has 1 aromatic rings. The van der Waals surface area contributed by atoms with Crippen molar-refractivity contribution in [2.75, 3.05) is 0 Å². The summed E-state index contributed by atoms with van der Waals surface area (Å²) in [6.45, 7) is 7.55. The average molecular weight is 163 g/mol. The van der Waals surface area contributed by atoms with Gasteiger partial charge in [-0.3, -0.25) is 4.79 Å². The Bertz CT molecular complexity index is 374. The van der Waals surface area contributed by atoms with E-state index in [1.165, 1.54) is 0 Å². The van der Waals surface area contributed by atoms with E-state index >= 15 is 0 Å². The van der Waals surface area contributed by atoms with Crippen molar-refractivity contribution in [3.8, 4) is 0 Å². The zero-order valence-electron chi connectivity index (χ0n) is 7.72. The molecule has 2 nitrogen and oxygen atoms in total. The molecule has 0 bridgehead atoms. The molecule has 0 amide bonds. The van der Waals surface area contributed by atoms with Crippen molar-refractivity contribution in [2.24, 2.45) is 7.05 Å². The molecule has 0 aliphatic heterocycles. The fraction of sp³-hybridized carbons (Fsp3) is 0.300. The molecule has 0 saturated heterocycles. The van der Waals surface area contributed by atoms with Gasteiger partial charge < -0.3 is 4.57 Å². The summed E-state index contributed by atoms with van der Waals surface area (Å²) in [5, 5.41) is 0. The average Bonchev–Trinajstić information content (AvgIpc) is 2.02. The number of hydrogen-bond acceptors (Lipinski definition) is 1. The number of aryl methyl sites for hydroxylation is 2.